The fourth-order valence-electron chi connectivity index (χ4n) is 2.44. The normalized spacial score (nSPS) is 11.9. The minimum Gasteiger partial charge on any atom is -0.457 e. The molecule has 1 atom stereocenters. The Morgan fingerprint density at radius 2 is 1.42 bits per heavy atom. The second-order valence-electron chi connectivity index (χ2n) is 5.71. The summed E-state index contributed by atoms with van der Waals surface area (Å²) in [7, 11) is 0. The molecule has 0 aromatic heterocycles. The molecule has 0 radical (unpaired) electrons. The van der Waals surface area contributed by atoms with Gasteiger partial charge in [0.2, 0.25) is 0 Å². The highest BCUT2D eigenvalue weighted by Crippen LogP contribution is 2.22. The first-order valence-corrected chi connectivity index (χ1v) is 8.01. The monoisotopic (exact) mass is 321 g/mol. The Balaban J connectivity index is 1.55. The molecule has 0 amide bonds. The predicted octanol–water partition coefficient (Wildman–Crippen LogP) is 5.47. The van der Waals surface area contributed by atoms with Crippen molar-refractivity contribution >= 4 is 0 Å². The molecule has 0 aliphatic carbocycles. The summed E-state index contributed by atoms with van der Waals surface area (Å²) in [6, 6.07) is 24.6. The van der Waals surface area contributed by atoms with Gasteiger partial charge in [0, 0.05) is 12.6 Å². The van der Waals surface area contributed by atoms with E-state index in [2.05, 4.69) is 36.5 Å². The Labute approximate surface area is 141 Å². The summed E-state index contributed by atoms with van der Waals surface area (Å²) in [5, 5.41) is 3.51. The van der Waals surface area contributed by atoms with Crippen LogP contribution in [0, 0.1) is 5.82 Å². The van der Waals surface area contributed by atoms with E-state index in [-0.39, 0.29) is 5.82 Å². The van der Waals surface area contributed by atoms with Crippen LogP contribution in [0.4, 0.5) is 4.39 Å². The van der Waals surface area contributed by atoms with Crippen molar-refractivity contribution < 1.29 is 9.13 Å². The van der Waals surface area contributed by atoms with Crippen LogP contribution < -0.4 is 10.1 Å². The Hall–Kier alpha value is -2.65. The van der Waals surface area contributed by atoms with Gasteiger partial charge in [-0.2, -0.15) is 0 Å². The number of benzene rings is 3. The van der Waals surface area contributed by atoms with Crippen molar-refractivity contribution in [3.63, 3.8) is 0 Å². The zero-order chi connectivity index (χ0) is 16.8. The molecular formula is C21H20FNO. The molecule has 3 aromatic rings. The molecule has 0 unspecified atom stereocenters. The Morgan fingerprint density at radius 1 is 0.833 bits per heavy atom. The molecule has 0 saturated heterocycles. The first-order chi connectivity index (χ1) is 11.7. The third-order valence-corrected chi connectivity index (χ3v) is 3.88. The number of hydrogen-bond acceptors (Lipinski definition) is 2. The van der Waals surface area contributed by atoms with Gasteiger partial charge in [0.15, 0.2) is 0 Å². The Morgan fingerprint density at radius 3 is 2.04 bits per heavy atom. The summed E-state index contributed by atoms with van der Waals surface area (Å²) in [6.07, 6.45) is 0. The number of ether oxygens (including phenoxy) is 1. The maximum absolute atomic E-state index is 12.9. The van der Waals surface area contributed by atoms with E-state index < -0.39 is 0 Å². The molecule has 0 fully saturated rings. The summed E-state index contributed by atoms with van der Waals surface area (Å²) in [6.45, 7) is 2.94. The van der Waals surface area contributed by atoms with Gasteiger partial charge in [-0.15, -0.1) is 0 Å². The fraction of sp³-hybridized carbons (Fsp3) is 0.143. The zero-order valence-corrected chi connectivity index (χ0v) is 13.6. The molecule has 0 aliphatic heterocycles. The quantitative estimate of drug-likeness (QED) is 0.650. The van der Waals surface area contributed by atoms with E-state index in [1.165, 1.54) is 23.3 Å². The van der Waals surface area contributed by atoms with Gasteiger partial charge in [-0.25, -0.2) is 4.39 Å². The smallest absolute Gasteiger partial charge is 0.127 e. The summed E-state index contributed by atoms with van der Waals surface area (Å²) in [5.74, 6) is 1.10. The molecule has 3 rings (SSSR count). The molecule has 0 bridgehead atoms. The van der Waals surface area contributed by atoms with Crippen molar-refractivity contribution in [1.82, 2.24) is 5.32 Å². The topological polar surface area (TPSA) is 21.3 Å². The second kappa shape index (κ2) is 7.75. The second-order valence-corrected chi connectivity index (χ2v) is 5.71. The fourth-order valence-corrected chi connectivity index (χ4v) is 2.44. The first-order valence-electron chi connectivity index (χ1n) is 8.01. The number of rotatable bonds is 6. The molecule has 0 aliphatic rings. The molecular weight excluding hydrogens is 301 g/mol. The number of nitrogens with one attached hydrogen (secondary N) is 1. The van der Waals surface area contributed by atoms with E-state index in [4.69, 9.17) is 4.74 Å². The van der Waals surface area contributed by atoms with Crippen LogP contribution in [-0.2, 0) is 6.54 Å². The average Bonchev–Trinajstić information content (AvgIpc) is 2.63. The van der Waals surface area contributed by atoms with Crippen LogP contribution in [0.25, 0.3) is 0 Å². The highest BCUT2D eigenvalue weighted by molar-refractivity contribution is 5.33. The van der Waals surface area contributed by atoms with Crippen molar-refractivity contribution in [1.29, 1.82) is 0 Å². The van der Waals surface area contributed by atoms with Crippen LogP contribution in [-0.4, -0.2) is 0 Å². The van der Waals surface area contributed by atoms with E-state index in [1.807, 2.05) is 30.3 Å². The third-order valence-electron chi connectivity index (χ3n) is 3.88. The summed E-state index contributed by atoms with van der Waals surface area (Å²) >= 11 is 0. The molecule has 1 N–H and O–H groups in total. The van der Waals surface area contributed by atoms with Gasteiger partial charge < -0.3 is 10.1 Å². The van der Waals surface area contributed by atoms with Crippen LogP contribution in [0.2, 0.25) is 0 Å². The molecule has 0 saturated carbocycles. The summed E-state index contributed by atoms with van der Waals surface area (Å²) in [5.41, 5.74) is 2.46. The number of hydrogen-bond donors (Lipinski definition) is 1. The van der Waals surface area contributed by atoms with E-state index >= 15 is 0 Å². The Bertz CT molecular complexity index is 754. The van der Waals surface area contributed by atoms with Gasteiger partial charge in [0.1, 0.15) is 17.3 Å². The summed E-state index contributed by atoms with van der Waals surface area (Å²) in [4.78, 5) is 0. The van der Waals surface area contributed by atoms with Crippen molar-refractivity contribution in [2.75, 3.05) is 0 Å². The molecule has 2 nitrogen and oxygen atoms in total. The van der Waals surface area contributed by atoms with Gasteiger partial charge in [0.05, 0.1) is 0 Å². The lowest BCUT2D eigenvalue weighted by atomic mass is 10.1. The highest BCUT2D eigenvalue weighted by Gasteiger charge is 2.04. The Kier molecular flexibility index (Phi) is 5.24. The maximum atomic E-state index is 12.9. The van der Waals surface area contributed by atoms with Crippen molar-refractivity contribution in [2.24, 2.45) is 0 Å². The standard InChI is InChI=1S/C21H20FNO/c1-16(18-5-3-2-4-6-18)23-15-17-7-11-20(12-8-17)24-21-13-9-19(22)10-14-21/h2-14,16,23H,15H2,1H3/t16-/m1/s1. The first kappa shape index (κ1) is 16.2. The lowest BCUT2D eigenvalue weighted by Gasteiger charge is -2.14. The minimum atomic E-state index is -0.267. The van der Waals surface area contributed by atoms with E-state index in [9.17, 15) is 4.39 Å². The summed E-state index contributed by atoms with van der Waals surface area (Å²) < 4.78 is 18.6. The van der Waals surface area contributed by atoms with Gasteiger partial charge in [-0.3, -0.25) is 0 Å². The number of halogens is 1. The van der Waals surface area contributed by atoms with Crippen molar-refractivity contribution in [2.45, 2.75) is 19.5 Å². The van der Waals surface area contributed by atoms with E-state index in [0.29, 0.717) is 11.8 Å². The highest BCUT2D eigenvalue weighted by atomic mass is 19.1. The van der Waals surface area contributed by atoms with E-state index in [1.54, 1.807) is 12.1 Å². The minimum absolute atomic E-state index is 0.267. The zero-order valence-electron chi connectivity index (χ0n) is 13.6. The van der Waals surface area contributed by atoms with Gasteiger partial charge in [-0.1, -0.05) is 42.5 Å². The van der Waals surface area contributed by atoms with Gasteiger partial charge in [-0.05, 0) is 54.4 Å². The van der Waals surface area contributed by atoms with E-state index in [0.717, 1.165) is 12.3 Å². The third kappa shape index (κ3) is 4.43. The molecule has 0 heterocycles. The van der Waals surface area contributed by atoms with Crippen molar-refractivity contribution in [3.8, 4) is 11.5 Å². The average molecular weight is 321 g/mol. The SMILES string of the molecule is C[C@@H](NCc1ccc(Oc2ccc(F)cc2)cc1)c1ccccc1. The maximum Gasteiger partial charge on any atom is 0.127 e. The van der Waals surface area contributed by atoms with Crippen LogP contribution >= 0.6 is 0 Å². The lowest BCUT2D eigenvalue weighted by molar-refractivity contribution is 0.480. The predicted molar refractivity (Wildman–Crippen MR) is 94.6 cm³/mol. The van der Waals surface area contributed by atoms with Crippen LogP contribution in [0.5, 0.6) is 11.5 Å². The lowest BCUT2D eigenvalue weighted by Crippen LogP contribution is -2.17. The van der Waals surface area contributed by atoms with Gasteiger partial charge in [0.25, 0.3) is 0 Å². The van der Waals surface area contributed by atoms with Crippen molar-refractivity contribution in [3.05, 3.63) is 95.8 Å². The molecule has 3 heteroatoms. The largest absolute Gasteiger partial charge is 0.457 e. The molecule has 0 spiro atoms. The molecule has 3 aromatic carbocycles. The molecule has 24 heavy (non-hydrogen) atoms. The van der Waals surface area contributed by atoms with Crippen LogP contribution in [0.1, 0.15) is 24.1 Å². The van der Waals surface area contributed by atoms with Crippen LogP contribution in [0.3, 0.4) is 0 Å². The molecule has 122 valence electrons. The van der Waals surface area contributed by atoms with Gasteiger partial charge >= 0.3 is 0 Å². The van der Waals surface area contributed by atoms with Crippen LogP contribution in [0.15, 0.2) is 78.9 Å².